The van der Waals surface area contributed by atoms with Gasteiger partial charge in [-0.25, -0.2) is 4.79 Å². The minimum atomic E-state index is -5.38. The number of hydrogen-bond acceptors (Lipinski definition) is 11. The second-order valence-electron chi connectivity index (χ2n) is 7.15. The smallest absolute Gasteiger partial charge is 0.778 e. The first-order chi connectivity index (χ1) is 14.9. The third-order valence-electron chi connectivity index (χ3n) is 4.54. The molecule has 3 N–H and O–H groups in total. The topological polar surface area (TPSA) is 203 Å². The van der Waals surface area contributed by atoms with E-state index in [0.29, 0.717) is 5.56 Å². The van der Waals surface area contributed by atoms with Gasteiger partial charge < -0.3 is 33.8 Å². The molecule has 0 radical (unpaired) electrons. The van der Waals surface area contributed by atoms with Crippen molar-refractivity contribution < 1.29 is 102 Å². The van der Waals surface area contributed by atoms with Gasteiger partial charge in [0.25, 0.3) is 13.4 Å². The summed E-state index contributed by atoms with van der Waals surface area (Å²) in [6.45, 7) is 0.829. The molecule has 0 saturated carbocycles. The van der Waals surface area contributed by atoms with Crippen LogP contribution in [0.25, 0.3) is 0 Å². The first-order valence-corrected chi connectivity index (χ1v) is 12.4. The molecule has 1 saturated heterocycles. The average Bonchev–Trinajstić information content (AvgIpc) is 2.93. The number of benzene rings is 1. The Morgan fingerprint density at radius 2 is 1.82 bits per heavy atom. The second-order valence-corrected chi connectivity index (χ2v) is 10.5. The third-order valence-corrected chi connectivity index (χ3v) is 7.56. The zero-order chi connectivity index (χ0) is 23.7. The van der Waals surface area contributed by atoms with Crippen molar-refractivity contribution in [2.45, 2.75) is 37.6 Å². The van der Waals surface area contributed by atoms with Crippen LogP contribution >= 0.6 is 15.4 Å². The molecule has 0 bridgehead atoms. The van der Waals surface area contributed by atoms with Crippen molar-refractivity contribution in [3.63, 3.8) is 0 Å². The molecule has 1 fully saturated rings. The quantitative estimate of drug-likeness (QED) is 0.214. The number of aromatic nitrogens is 2. The summed E-state index contributed by atoms with van der Waals surface area (Å²) in [5, 5.41) is 20.2. The molecular weight excluding hydrogens is 516 g/mol. The zero-order valence-corrected chi connectivity index (χ0v) is 24.4. The van der Waals surface area contributed by atoms with Crippen molar-refractivity contribution in [3.8, 4) is 0 Å². The summed E-state index contributed by atoms with van der Waals surface area (Å²) in [5.74, 6) is 0. The molecule has 2 aromatic rings. The molecule has 13 nitrogen and oxygen atoms in total. The van der Waals surface area contributed by atoms with Gasteiger partial charge in [-0.1, -0.05) is 29.8 Å². The predicted octanol–water partition coefficient (Wildman–Crippen LogP) is -7.27. The number of aliphatic hydroxyl groups is 2. The Bertz CT molecular complexity index is 1190. The number of H-pyrrole nitrogens is 1. The summed E-state index contributed by atoms with van der Waals surface area (Å²) in [6.07, 6.45) is -5.95. The van der Waals surface area contributed by atoms with E-state index in [1.807, 2.05) is 4.98 Å². The van der Waals surface area contributed by atoms with E-state index in [9.17, 15) is 38.7 Å². The fourth-order valence-corrected chi connectivity index (χ4v) is 5.74. The number of aryl methyl sites for hydroxylation is 1. The normalized spacial score (nSPS) is 25.4. The number of aliphatic hydroxyl groups excluding tert-OH is 2. The van der Waals surface area contributed by atoms with E-state index >= 15 is 0 Å². The molecule has 0 spiro atoms. The van der Waals surface area contributed by atoms with Crippen LogP contribution in [0.2, 0.25) is 0 Å². The van der Waals surface area contributed by atoms with Crippen LogP contribution in [0.5, 0.6) is 0 Å². The van der Waals surface area contributed by atoms with Crippen LogP contribution in [-0.4, -0.2) is 44.7 Å². The maximum absolute atomic E-state index is 12.1. The SMILES string of the molecule is Cc1cccc(CP(=O)([O-])OP(=O)([O-])OC[C@H]2O[C@@H](n3ccc(=O)[nH]c3=O)[C@H](O)[C@@H]2O)c1.[Na+].[Na+]. The number of ether oxygens (including phenoxy) is 1. The average molecular weight is 536 g/mol. The second kappa shape index (κ2) is 13.0. The van der Waals surface area contributed by atoms with Crippen LogP contribution in [-0.2, 0) is 28.9 Å². The third kappa shape index (κ3) is 8.58. The number of aromatic amines is 1. The molecule has 176 valence electrons. The number of nitrogens with zero attached hydrogens (tertiary/aromatic N) is 1. The van der Waals surface area contributed by atoms with Gasteiger partial charge in [0.05, 0.1) is 6.61 Å². The summed E-state index contributed by atoms with van der Waals surface area (Å²) in [7, 11) is -10.3. The summed E-state index contributed by atoms with van der Waals surface area (Å²) in [6, 6.07) is 7.35. The van der Waals surface area contributed by atoms with E-state index in [2.05, 4.69) is 8.83 Å². The summed E-state index contributed by atoms with van der Waals surface area (Å²) in [5.41, 5.74) is -0.547. The Morgan fingerprint density at radius 1 is 1.15 bits per heavy atom. The van der Waals surface area contributed by atoms with E-state index in [1.54, 1.807) is 25.1 Å². The van der Waals surface area contributed by atoms with Gasteiger partial charge >= 0.3 is 64.8 Å². The van der Waals surface area contributed by atoms with Crippen LogP contribution in [0.4, 0.5) is 0 Å². The van der Waals surface area contributed by atoms with Gasteiger partial charge in [-0.15, -0.1) is 0 Å². The molecule has 1 aliphatic rings. The summed E-state index contributed by atoms with van der Waals surface area (Å²) in [4.78, 5) is 49.1. The molecule has 2 unspecified atom stereocenters. The number of phosphoric ester groups is 1. The number of hydrogen-bond donors (Lipinski definition) is 3. The number of nitrogens with one attached hydrogen (secondary N) is 1. The Morgan fingerprint density at radius 3 is 2.44 bits per heavy atom. The van der Waals surface area contributed by atoms with Crippen LogP contribution in [0.1, 0.15) is 17.4 Å². The van der Waals surface area contributed by atoms with Gasteiger partial charge in [0.2, 0.25) is 0 Å². The van der Waals surface area contributed by atoms with Gasteiger partial charge in [-0.3, -0.25) is 23.2 Å². The van der Waals surface area contributed by atoms with Gasteiger partial charge in [-0.05, 0) is 12.5 Å². The van der Waals surface area contributed by atoms with Gasteiger partial charge in [0.1, 0.15) is 25.9 Å². The van der Waals surface area contributed by atoms with Crippen LogP contribution in [0.15, 0.2) is 46.1 Å². The largest absolute Gasteiger partial charge is 1.00 e. The fourth-order valence-electron chi connectivity index (χ4n) is 3.13. The van der Waals surface area contributed by atoms with E-state index in [-0.39, 0.29) is 59.1 Å². The zero-order valence-electron chi connectivity index (χ0n) is 18.6. The number of rotatable bonds is 8. The monoisotopic (exact) mass is 536 g/mol. The molecular formula is C17H20N2Na2O11P2. The van der Waals surface area contributed by atoms with Crippen molar-refractivity contribution in [1.82, 2.24) is 9.55 Å². The molecule has 17 heteroatoms. The minimum absolute atomic E-state index is 0. The minimum Gasteiger partial charge on any atom is -0.778 e. The van der Waals surface area contributed by atoms with Gasteiger partial charge in [0, 0.05) is 18.4 Å². The van der Waals surface area contributed by atoms with E-state index in [0.717, 1.165) is 22.4 Å². The summed E-state index contributed by atoms with van der Waals surface area (Å²) < 4.78 is 38.9. The van der Waals surface area contributed by atoms with E-state index < -0.39 is 64.0 Å². The molecule has 3 rings (SSSR count). The van der Waals surface area contributed by atoms with Gasteiger partial charge in [0.15, 0.2) is 6.23 Å². The Hall–Kier alpha value is 0.0800. The maximum atomic E-state index is 12.1. The molecule has 1 aromatic heterocycles. The molecule has 1 aliphatic heterocycles. The van der Waals surface area contributed by atoms with Crippen LogP contribution in [0.3, 0.4) is 0 Å². The fraction of sp³-hybridized carbons (Fsp3) is 0.412. The Kier molecular flexibility index (Phi) is 12.3. The first-order valence-electron chi connectivity index (χ1n) is 9.22. The predicted molar refractivity (Wildman–Crippen MR) is 104 cm³/mol. The molecule has 6 atom stereocenters. The Labute approximate surface area is 237 Å². The molecule has 0 amide bonds. The van der Waals surface area contributed by atoms with Crippen molar-refractivity contribution in [2.24, 2.45) is 0 Å². The maximum Gasteiger partial charge on any atom is 1.00 e. The first kappa shape index (κ1) is 32.1. The standard InChI is InChI=1S/C17H22N2O11P2.2Na/c1-10-3-2-4-11(7-10)9-31(24,25)30-32(26,27)28-8-12-14(21)15(22)16(29-12)19-6-5-13(20)18-17(19)23;;/h2-7,12,14-16,21-22H,8-9H2,1H3,(H,24,25)(H,26,27)(H,18,20,23);;/q;2*+1/p-2/t12-,14-,15-,16-;;/m1../s1. The molecule has 2 heterocycles. The van der Waals surface area contributed by atoms with Crippen molar-refractivity contribution in [1.29, 1.82) is 0 Å². The van der Waals surface area contributed by atoms with Crippen molar-refractivity contribution in [3.05, 3.63) is 68.5 Å². The van der Waals surface area contributed by atoms with Crippen molar-refractivity contribution in [2.75, 3.05) is 6.61 Å². The Balaban J connectivity index is 0.00000289. The summed E-state index contributed by atoms with van der Waals surface area (Å²) >= 11 is 0. The molecule has 34 heavy (non-hydrogen) atoms. The van der Waals surface area contributed by atoms with Gasteiger partial charge in [-0.2, -0.15) is 0 Å². The molecule has 0 aliphatic carbocycles. The van der Waals surface area contributed by atoms with Crippen LogP contribution < -0.4 is 80.2 Å². The van der Waals surface area contributed by atoms with E-state index in [1.165, 1.54) is 6.07 Å². The van der Waals surface area contributed by atoms with E-state index in [4.69, 9.17) is 4.74 Å². The van der Waals surface area contributed by atoms with Crippen molar-refractivity contribution >= 4 is 15.4 Å². The van der Waals surface area contributed by atoms with Crippen LogP contribution in [0, 0.1) is 6.92 Å². The molecule has 1 aromatic carbocycles. The number of phosphoric acid groups is 1.